The highest BCUT2D eigenvalue weighted by Gasteiger charge is 2.44. The fraction of sp³-hybridized carbons (Fsp3) is 0.500. The van der Waals surface area contributed by atoms with Gasteiger partial charge in [0.15, 0.2) is 0 Å². The summed E-state index contributed by atoms with van der Waals surface area (Å²) in [5, 5.41) is 0. The van der Waals surface area contributed by atoms with E-state index in [1.165, 1.54) is 0 Å². The standard InChI is InChI=1S/C16H20BrNO3/c1-15(2,3)21-14(20)16(4,5)18-9-10-6-7-11(17)8-12(10)13(18)19/h6-8H,9H2,1-5H3. The lowest BCUT2D eigenvalue weighted by molar-refractivity contribution is -0.166. The zero-order valence-corrected chi connectivity index (χ0v) is 14.6. The lowest BCUT2D eigenvalue weighted by atomic mass is 10.0. The Morgan fingerprint density at radius 2 is 1.86 bits per heavy atom. The second-order valence-electron chi connectivity index (χ2n) is 6.75. The monoisotopic (exact) mass is 353 g/mol. The van der Waals surface area contributed by atoms with Crippen molar-refractivity contribution in [1.29, 1.82) is 0 Å². The minimum atomic E-state index is -1.00. The van der Waals surface area contributed by atoms with Crippen LogP contribution < -0.4 is 0 Å². The minimum Gasteiger partial charge on any atom is -0.458 e. The number of benzene rings is 1. The molecule has 0 saturated carbocycles. The van der Waals surface area contributed by atoms with E-state index in [-0.39, 0.29) is 5.91 Å². The number of halogens is 1. The number of hydrogen-bond acceptors (Lipinski definition) is 3. The quantitative estimate of drug-likeness (QED) is 0.764. The van der Waals surface area contributed by atoms with E-state index in [4.69, 9.17) is 4.74 Å². The Balaban J connectivity index is 2.27. The van der Waals surface area contributed by atoms with Crippen LogP contribution in [0, 0.1) is 0 Å². The van der Waals surface area contributed by atoms with Gasteiger partial charge in [-0.3, -0.25) is 4.79 Å². The van der Waals surface area contributed by atoms with Gasteiger partial charge in [0, 0.05) is 16.6 Å². The first-order chi connectivity index (χ1) is 9.52. The molecule has 21 heavy (non-hydrogen) atoms. The molecule has 2 rings (SSSR count). The summed E-state index contributed by atoms with van der Waals surface area (Å²) in [6.07, 6.45) is 0. The third-order valence-corrected chi connectivity index (χ3v) is 3.94. The van der Waals surface area contributed by atoms with Crippen molar-refractivity contribution < 1.29 is 14.3 Å². The van der Waals surface area contributed by atoms with Crippen LogP contribution in [0.15, 0.2) is 22.7 Å². The normalized spacial score (nSPS) is 15.1. The van der Waals surface area contributed by atoms with Crippen LogP contribution in [0.3, 0.4) is 0 Å². The summed E-state index contributed by atoms with van der Waals surface area (Å²) >= 11 is 3.37. The largest absolute Gasteiger partial charge is 0.458 e. The minimum absolute atomic E-state index is 0.137. The van der Waals surface area contributed by atoms with Crippen molar-refractivity contribution in [3.05, 3.63) is 33.8 Å². The molecule has 5 heteroatoms. The number of rotatable bonds is 2. The van der Waals surface area contributed by atoms with Gasteiger partial charge in [-0.15, -0.1) is 0 Å². The van der Waals surface area contributed by atoms with Gasteiger partial charge in [0.1, 0.15) is 11.1 Å². The maximum Gasteiger partial charge on any atom is 0.332 e. The van der Waals surface area contributed by atoms with Crippen LogP contribution >= 0.6 is 15.9 Å². The SMILES string of the molecule is CC(C)(C)OC(=O)C(C)(C)N1Cc2ccc(Br)cc2C1=O. The second-order valence-corrected chi connectivity index (χ2v) is 7.67. The molecule has 4 nitrogen and oxygen atoms in total. The summed E-state index contributed by atoms with van der Waals surface area (Å²) in [5.41, 5.74) is -0.0103. The van der Waals surface area contributed by atoms with Gasteiger partial charge in [-0.1, -0.05) is 22.0 Å². The zero-order chi connectivity index (χ0) is 16.0. The second kappa shape index (κ2) is 5.13. The highest BCUT2D eigenvalue weighted by Crippen LogP contribution is 2.32. The van der Waals surface area contributed by atoms with Crippen molar-refractivity contribution in [2.24, 2.45) is 0 Å². The average molecular weight is 354 g/mol. The maximum atomic E-state index is 12.6. The summed E-state index contributed by atoms with van der Waals surface area (Å²) in [6.45, 7) is 9.32. The molecule has 1 aromatic carbocycles. The number of esters is 1. The fourth-order valence-corrected chi connectivity index (χ4v) is 2.60. The Hall–Kier alpha value is -1.36. The highest BCUT2D eigenvalue weighted by atomic mass is 79.9. The van der Waals surface area contributed by atoms with E-state index in [0.29, 0.717) is 12.1 Å². The van der Waals surface area contributed by atoms with Gasteiger partial charge < -0.3 is 9.64 Å². The molecule has 1 aromatic rings. The molecule has 1 amide bonds. The average Bonchev–Trinajstić information content (AvgIpc) is 2.65. The summed E-state index contributed by atoms with van der Waals surface area (Å²) < 4.78 is 6.30. The van der Waals surface area contributed by atoms with Gasteiger partial charge in [-0.25, -0.2) is 4.79 Å². The zero-order valence-electron chi connectivity index (χ0n) is 13.0. The topological polar surface area (TPSA) is 46.6 Å². The van der Waals surface area contributed by atoms with E-state index in [2.05, 4.69) is 15.9 Å². The smallest absolute Gasteiger partial charge is 0.332 e. The van der Waals surface area contributed by atoms with Crippen LogP contribution in [-0.4, -0.2) is 27.9 Å². The van der Waals surface area contributed by atoms with Crippen LogP contribution in [0.4, 0.5) is 0 Å². The first-order valence-electron chi connectivity index (χ1n) is 6.86. The van der Waals surface area contributed by atoms with Gasteiger partial charge in [-0.2, -0.15) is 0 Å². The van der Waals surface area contributed by atoms with E-state index < -0.39 is 17.1 Å². The van der Waals surface area contributed by atoms with Crippen LogP contribution in [0.1, 0.15) is 50.5 Å². The summed E-state index contributed by atoms with van der Waals surface area (Å²) in [4.78, 5) is 26.5. The number of ether oxygens (including phenoxy) is 1. The molecular weight excluding hydrogens is 334 g/mol. The van der Waals surface area contributed by atoms with Crippen molar-refractivity contribution >= 4 is 27.8 Å². The Kier molecular flexibility index (Phi) is 3.91. The number of amides is 1. The number of carbonyl (C=O) groups is 2. The predicted molar refractivity (Wildman–Crippen MR) is 83.9 cm³/mol. The lowest BCUT2D eigenvalue weighted by Crippen LogP contribution is -2.52. The van der Waals surface area contributed by atoms with E-state index >= 15 is 0 Å². The molecule has 0 spiro atoms. The fourth-order valence-electron chi connectivity index (χ4n) is 2.24. The lowest BCUT2D eigenvalue weighted by Gasteiger charge is -2.35. The first kappa shape index (κ1) is 16.0. The molecule has 114 valence electrons. The highest BCUT2D eigenvalue weighted by molar-refractivity contribution is 9.10. The molecule has 0 aromatic heterocycles. The van der Waals surface area contributed by atoms with Crippen molar-refractivity contribution in [1.82, 2.24) is 4.90 Å². The van der Waals surface area contributed by atoms with Crippen LogP contribution in [0.2, 0.25) is 0 Å². The Morgan fingerprint density at radius 3 is 2.43 bits per heavy atom. The molecule has 0 atom stereocenters. The number of carbonyl (C=O) groups excluding carboxylic acids is 2. The number of nitrogens with zero attached hydrogens (tertiary/aromatic N) is 1. The Morgan fingerprint density at radius 1 is 1.24 bits per heavy atom. The molecule has 0 fully saturated rings. The van der Waals surface area contributed by atoms with E-state index in [0.717, 1.165) is 10.0 Å². The molecule has 0 saturated heterocycles. The van der Waals surface area contributed by atoms with Crippen LogP contribution in [0.5, 0.6) is 0 Å². The van der Waals surface area contributed by atoms with E-state index in [1.54, 1.807) is 24.8 Å². The molecule has 0 unspecified atom stereocenters. The van der Waals surface area contributed by atoms with E-state index in [1.807, 2.05) is 32.9 Å². The third-order valence-electron chi connectivity index (χ3n) is 3.45. The third kappa shape index (κ3) is 3.12. The van der Waals surface area contributed by atoms with Gasteiger partial charge in [0.05, 0.1) is 0 Å². The predicted octanol–water partition coefficient (Wildman–Crippen LogP) is 3.53. The van der Waals surface area contributed by atoms with Gasteiger partial charge >= 0.3 is 5.97 Å². The Labute approximate surface area is 133 Å². The van der Waals surface area contributed by atoms with Gasteiger partial charge in [-0.05, 0) is 52.3 Å². The van der Waals surface area contributed by atoms with Crippen molar-refractivity contribution in [3.63, 3.8) is 0 Å². The van der Waals surface area contributed by atoms with Crippen molar-refractivity contribution in [2.75, 3.05) is 0 Å². The molecule has 0 radical (unpaired) electrons. The van der Waals surface area contributed by atoms with Gasteiger partial charge in [0.25, 0.3) is 5.91 Å². The van der Waals surface area contributed by atoms with Crippen molar-refractivity contribution in [3.8, 4) is 0 Å². The molecule has 0 aliphatic carbocycles. The molecular formula is C16H20BrNO3. The maximum absolute atomic E-state index is 12.6. The molecule has 1 aliphatic rings. The molecule has 1 aliphatic heterocycles. The number of hydrogen-bond donors (Lipinski definition) is 0. The molecule has 0 N–H and O–H groups in total. The van der Waals surface area contributed by atoms with E-state index in [9.17, 15) is 9.59 Å². The first-order valence-corrected chi connectivity index (χ1v) is 7.65. The summed E-state index contributed by atoms with van der Waals surface area (Å²) in [5.74, 6) is -0.530. The van der Waals surface area contributed by atoms with Gasteiger partial charge in [0.2, 0.25) is 0 Å². The van der Waals surface area contributed by atoms with Crippen LogP contribution in [-0.2, 0) is 16.1 Å². The van der Waals surface area contributed by atoms with Crippen LogP contribution in [0.25, 0.3) is 0 Å². The summed E-state index contributed by atoms with van der Waals surface area (Å²) in [7, 11) is 0. The molecule has 0 bridgehead atoms. The molecule has 1 heterocycles. The summed E-state index contributed by atoms with van der Waals surface area (Å²) in [6, 6.07) is 5.60. The Bertz CT molecular complexity index is 602. The number of fused-ring (bicyclic) bond motifs is 1. The van der Waals surface area contributed by atoms with Crippen molar-refractivity contribution in [2.45, 2.75) is 52.3 Å².